The Morgan fingerprint density at radius 3 is 2.70 bits per heavy atom. The first kappa shape index (κ1) is 9.82. The number of carbonyl (C=O) groups is 1. The molecule has 0 heterocycles. The SMILES string of the molecule is CCSC(C)CC(=O)NC. The molecule has 0 aromatic rings. The fourth-order valence-corrected chi connectivity index (χ4v) is 1.54. The summed E-state index contributed by atoms with van der Waals surface area (Å²) in [6.07, 6.45) is 0.634. The Morgan fingerprint density at radius 1 is 1.70 bits per heavy atom. The third-order valence-corrected chi connectivity index (χ3v) is 2.27. The van der Waals surface area contributed by atoms with Gasteiger partial charge in [-0.05, 0) is 5.75 Å². The van der Waals surface area contributed by atoms with Crippen LogP contribution in [0.2, 0.25) is 0 Å². The molecule has 0 aliphatic carbocycles. The molecule has 3 heteroatoms. The quantitative estimate of drug-likeness (QED) is 0.672. The van der Waals surface area contributed by atoms with Crippen molar-refractivity contribution < 1.29 is 4.79 Å². The summed E-state index contributed by atoms with van der Waals surface area (Å²) in [5.74, 6) is 1.21. The van der Waals surface area contributed by atoms with Crippen molar-refractivity contribution >= 4 is 17.7 Å². The van der Waals surface area contributed by atoms with E-state index in [0.29, 0.717) is 11.7 Å². The molecule has 1 amide bonds. The van der Waals surface area contributed by atoms with Crippen LogP contribution in [-0.2, 0) is 4.79 Å². The van der Waals surface area contributed by atoms with E-state index in [1.54, 1.807) is 7.05 Å². The molecule has 10 heavy (non-hydrogen) atoms. The van der Waals surface area contributed by atoms with Crippen LogP contribution in [0.1, 0.15) is 20.3 Å². The van der Waals surface area contributed by atoms with Crippen LogP contribution >= 0.6 is 11.8 Å². The van der Waals surface area contributed by atoms with Crippen molar-refractivity contribution in [3.8, 4) is 0 Å². The standard InChI is InChI=1S/C7H15NOS/c1-4-10-6(2)5-7(9)8-3/h6H,4-5H2,1-3H3,(H,8,9). The van der Waals surface area contributed by atoms with E-state index in [0.717, 1.165) is 5.75 Å². The zero-order chi connectivity index (χ0) is 7.98. The van der Waals surface area contributed by atoms with Crippen LogP contribution in [0.5, 0.6) is 0 Å². The van der Waals surface area contributed by atoms with E-state index < -0.39 is 0 Å². The van der Waals surface area contributed by atoms with Gasteiger partial charge in [-0.2, -0.15) is 11.8 Å². The highest BCUT2D eigenvalue weighted by molar-refractivity contribution is 7.99. The Bertz CT molecular complexity index is 106. The third kappa shape index (κ3) is 4.68. The van der Waals surface area contributed by atoms with Gasteiger partial charge in [0.05, 0.1) is 0 Å². The average molecular weight is 161 g/mol. The molecule has 0 aromatic heterocycles. The van der Waals surface area contributed by atoms with Gasteiger partial charge in [0.2, 0.25) is 5.91 Å². The van der Waals surface area contributed by atoms with E-state index in [9.17, 15) is 4.79 Å². The van der Waals surface area contributed by atoms with Crippen LogP contribution in [0.3, 0.4) is 0 Å². The molecule has 1 unspecified atom stereocenters. The van der Waals surface area contributed by atoms with Gasteiger partial charge in [0.15, 0.2) is 0 Å². The molecule has 1 N–H and O–H groups in total. The maximum atomic E-state index is 10.8. The van der Waals surface area contributed by atoms with E-state index in [-0.39, 0.29) is 5.91 Å². The van der Waals surface area contributed by atoms with E-state index in [4.69, 9.17) is 0 Å². The van der Waals surface area contributed by atoms with Gasteiger partial charge in [-0.3, -0.25) is 4.79 Å². The molecule has 0 saturated heterocycles. The summed E-state index contributed by atoms with van der Waals surface area (Å²) in [5, 5.41) is 3.05. The van der Waals surface area contributed by atoms with Gasteiger partial charge in [0, 0.05) is 18.7 Å². The molecule has 0 rings (SSSR count). The molecule has 0 saturated carbocycles. The van der Waals surface area contributed by atoms with Crippen molar-refractivity contribution in [2.45, 2.75) is 25.5 Å². The fourth-order valence-electron chi connectivity index (χ4n) is 0.707. The lowest BCUT2D eigenvalue weighted by atomic mass is 10.3. The molecule has 0 bridgehead atoms. The van der Waals surface area contributed by atoms with Gasteiger partial charge in [0.25, 0.3) is 0 Å². The van der Waals surface area contributed by atoms with Gasteiger partial charge in [-0.1, -0.05) is 13.8 Å². The summed E-state index contributed by atoms with van der Waals surface area (Å²) in [5.41, 5.74) is 0. The normalized spacial score (nSPS) is 12.7. The van der Waals surface area contributed by atoms with Crippen LogP contribution < -0.4 is 5.32 Å². The monoisotopic (exact) mass is 161 g/mol. The van der Waals surface area contributed by atoms with Crippen molar-refractivity contribution in [3.63, 3.8) is 0 Å². The topological polar surface area (TPSA) is 29.1 Å². The second kappa shape index (κ2) is 5.59. The van der Waals surface area contributed by atoms with Crippen LogP contribution in [0.15, 0.2) is 0 Å². The molecular weight excluding hydrogens is 146 g/mol. The highest BCUT2D eigenvalue weighted by atomic mass is 32.2. The molecule has 60 valence electrons. The highest BCUT2D eigenvalue weighted by Crippen LogP contribution is 2.12. The maximum Gasteiger partial charge on any atom is 0.220 e. The van der Waals surface area contributed by atoms with E-state index in [1.165, 1.54) is 0 Å². The summed E-state index contributed by atoms with van der Waals surface area (Å²) in [7, 11) is 1.67. The number of rotatable bonds is 4. The minimum absolute atomic E-state index is 0.133. The number of carbonyl (C=O) groups excluding carboxylic acids is 1. The Morgan fingerprint density at radius 2 is 2.30 bits per heavy atom. The Kier molecular flexibility index (Phi) is 5.49. The van der Waals surface area contributed by atoms with Crippen LogP contribution in [-0.4, -0.2) is 24.0 Å². The number of nitrogens with one attached hydrogen (secondary N) is 1. The van der Waals surface area contributed by atoms with Gasteiger partial charge in [0.1, 0.15) is 0 Å². The maximum absolute atomic E-state index is 10.8. The van der Waals surface area contributed by atoms with E-state index in [1.807, 2.05) is 11.8 Å². The molecular formula is C7H15NOS. The van der Waals surface area contributed by atoms with Crippen molar-refractivity contribution in [2.75, 3.05) is 12.8 Å². The van der Waals surface area contributed by atoms with Gasteiger partial charge in [-0.15, -0.1) is 0 Å². The van der Waals surface area contributed by atoms with Crippen molar-refractivity contribution in [1.29, 1.82) is 0 Å². The smallest absolute Gasteiger partial charge is 0.220 e. The fraction of sp³-hybridized carbons (Fsp3) is 0.857. The van der Waals surface area contributed by atoms with Crippen molar-refractivity contribution in [2.24, 2.45) is 0 Å². The number of hydrogen-bond donors (Lipinski definition) is 1. The zero-order valence-corrected chi connectivity index (χ0v) is 7.62. The third-order valence-electron chi connectivity index (χ3n) is 1.20. The molecule has 0 radical (unpaired) electrons. The number of amides is 1. The molecule has 0 aliphatic heterocycles. The molecule has 0 aliphatic rings. The van der Waals surface area contributed by atoms with Gasteiger partial charge in [-0.25, -0.2) is 0 Å². The van der Waals surface area contributed by atoms with Crippen molar-refractivity contribution in [3.05, 3.63) is 0 Å². The first-order valence-electron chi connectivity index (χ1n) is 3.52. The first-order valence-corrected chi connectivity index (χ1v) is 4.57. The van der Waals surface area contributed by atoms with E-state index >= 15 is 0 Å². The average Bonchev–Trinajstić information content (AvgIpc) is 1.88. The van der Waals surface area contributed by atoms with Gasteiger partial charge >= 0.3 is 0 Å². The number of thioether (sulfide) groups is 1. The molecule has 0 aromatic carbocycles. The van der Waals surface area contributed by atoms with Crippen LogP contribution in [0.25, 0.3) is 0 Å². The Balaban J connectivity index is 3.37. The van der Waals surface area contributed by atoms with E-state index in [2.05, 4.69) is 19.2 Å². The summed E-state index contributed by atoms with van der Waals surface area (Å²) in [6, 6.07) is 0. The zero-order valence-electron chi connectivity index (χ0n) is 6.81. The lowest BCUT2D eigenvalue weighted by molar-refractivity contribution is -0.120. The minimum Gasteiger partial charge on any atom is -0.359 e. The number of hydrogen-bond acceptors (Lipinski definition) is 2. The minimum atomic E-state index is 0.133. The molecule has 1 atom stereocenters. The Hall–Kier alpha value is -0.180. The second-order valence-electron chi connectivity index (χ2n) is 2.14. The van der Waals surface area contributed by atoms with Crippen LogP contribution in [0.4, 0.5) is 0 Å². The molecule has 0 spiro atoms. The van der Waals surface area contributed by atoms with Gasteiger partial charge < -0.3 is 5.32 Å². The summed E-state index contributed by atoms with van der Waals surface area (Å²) in [4.78, 5) is 10.8. The van der Waals surface area contributed by atoms with Crippen LogP contribution in [0, 0.1) is 0 Å². The first-order chi connectivity index (χ1) is 4.70. The molecule has 2 nitrogen and oxygen atoms in total. The van der Waals surface area contributed by atoms with Crippen molar-refractivity contribution in [1.82, 2.24) is 5.32 Å². The lowest BCUT2D eigenvalue weighted by Crippen LogP contribution is -2.21. The lowest BCUT2D eigenvalue weighted by Gasteiger charge is -2.07. The molecule has 0 fully saturated rings. The second-order valence-corrected chi connectivity index (χ2v) is 3.86. The predicted molar refractivity (Wildman–Crippen MR) is 46.3 cm³/mol. The summed E-state index contributed by atoms with van der Waals surface area (Å²) in [6.45, 7) is 4.18. The summed E-state index contributed by atoms with van der Waals surface area (Å²) >= 11 is 1.81. The predicted octanol–water partition coefficient (Wildman–Crippen LogP) is 1.26. The summed E-state index contributed by atoms with van der Waals surface area (Å²) < 4.78 is 0. The Labute approximate surface area is 66.8 Å². The highest BCUT2D eigenvalue weighted by Gasteiger charge is 2.05. The largest absolute Gasteiger partial charge is 0.359 e.